The highest BCUT2D eigenvalue weighted by molar-refractivity contribution is 7.99. The van der Waals surface area contributed by atoms with Crippen LogP contribution < -0.4 is 10.5 Å². The van der Waals surface area contributed by atoms with Crippen LogP contribution in [0.15, 0.2) is 23.6 Å². The molecule has 0 spiro atoms. The summed E-state index contributed by atoms with van der Waals surface area (Å²) in [5, 5.41) is 0. The minimum absolute atomic E-state index is 0.0932. The molecular formula is C17H26N4OS2. The Morgan fingerprint density at radius 2 is 2.17 bits per heavy atom. The molecule has 1 saturated carbocycles. The van der Waals surface area contributed by atoms with E-state index >= 15 is 0 Å². The molecule has 7 heteroatoms. The van der Waals surface area contributed by atoms with E-state index in [1.165, 1.54) is 0 Å². The largest absolute Gasteiger partial charge is 0.350 e. The second-order valence-electron chi connectivity index (χ2n) is 6.40. The summed E-state index contributed by atoms with van der Waals surface area (Å²) in [6, 6.07) is 0.388. The third kappa shape index (κ3) is 4.58. The van der Waals surface area contributed by atoms with Crippen molar-refractivity contribution >= 4 is 30.4 Å². The van der Waals surface area contributed by atoms with Crippen molar-refractivity contribution in [3.63, 3.8) is 0 Å². The zero-order chi connectivity index (χ0) is 16.9. The molecule has 1 aliphatic carbocycles. The standard InChI is InChI=1S/C17H26N4OS2/c1-2-7-20(23)8-3-4-14-13-21(15-5-6-15)17(22)16(18-14)19-9-11-24-12-10-19/h2,13,15,23H,1,3-12H2. The Balaban J connectivity index is 1.74. The highest BCUT2D eigenvalue weighted by Crippen LogP contribution is 2.34. The average molecular weight is 367 g/mol. The van der Waals surface area contributed by atoms with Gasteiger partial charge in [0, 0.05) is 49.9 Å². The number of aryl methyl sites for hydroxylation is 1. The number of anilines is 1. The number of aromatic nitrogens is 2. The molecular weight excluding hydrogens is 340 g/mol. The molecule has 0 bridgehead atoms. The highest BCUT2D eigenvalue weighted by Gasteiger charge is 2.27. The summed E-state index contributed by atoms with van der Waals surface area (Å²) < 4.78 is 3.88. The van der Waals surface area contributed by atoms with Crippen molar-refractivity contribution in [2.75, 3.05) is 42.6 Å². The molecule has 1 saturated heterocycles. The first-order valence-electron chi connectivity index (χ1n) is 8.68. The van der Waals surface area contributed by atoms with Gasteiger partial charge in [0.15, 0.2) is 5.82 Å². The molecule has 0 amide bonds. The van der Waals surface area contributed by atoms with Gasteiger partial charge in [-0.15, -0.1) is 6.58 Å². The lowest BCUT2D eigenvalue weighted by atomic mass is 10.2. The molecule has 1 aromatic rings. The molecule has 1 aliphatic heterocycles. The van der Waals surface area contributed by atoms with Crippen molar-refractivity contribution in [3.05, 3.63) is 34.9 Å². The molecule has 2 heterocycles. The topological polar surface area (TPSA) is 41.4 Å². The van der Waals surface area contributed by atoms with Crippen molar-refractivity contribution in [1.82, 2.24) is 13.9 Å². The third-order valence-electron chi connectivity index (χ3n) is 4.40. The van der Waals surface area contributed by atoms with Crippen LogP contribution in [0, 0.1) is 0 Å². The van der Waals surface area contributed by atoms with Crippen LogP contribution in [0.2, 0.25) is 0 Å². The summed E-state index contributed by atoms with van der Waals surface area (Å²) in [5.41, 5.74) is 1.12. The van der Waals surface area contributed by atoms with E-state index in [0.29, 0.717) is 11.9 Å². The van der Waals surface area contributed by atoms with Crippen molar-refractivity contribution in [3.8, 4) is 0 Å². The molecule has 0 N–H and O–H groups in total. The van der Waals surface area contributed by atoms with E-state index in [1.807, 2.05) is 32.9 Å². The monoisotopic (exact) mass is 366 g/mol. The van der Waals surface area contributed by atoms with Gasteiger partial charge in [0.05, 0.1) is 5.69 Å². The van der Waals surface area contributed by atoms with Crippen molar-refractivity contribution in [1.29, 1.82) is 0 Å². The maximum atomic E-state index is 12.8. The van der Waals surface area contributed by atoms with Gasteiger partial charge in [-0.2, -0.15) is 11.8 Å². The van der Waals surface area contributed by atoms with E-state index in [4.69, 9.17) is 4.98 Å². The fourth-order valence-electron chi connectivity index (χ4n) is 2.96. The van der Waals surface area contributed by atoms with Crippen LogP contribution in [0.5, 0.6) is 0 Å². The molecule has 24 heavy (non-hydrogen) atoms. The van der Waals surface area contributed by atoms with Crippen molar-refractivity contribution in [2.45, 2.75) is 31.7 Å². The number of rotatable bonds is 8. The van der Waals surface area contributed by atoms with Gasteiger partial charge in [-0.25, -0.2) is 9.29 Å². The molecule has 2 aliphatic rings. The van der Waals surface area contributed by atoms with Crippen LogP contribution >= 0.6 is 24.6 Å². The predicted octanol–water partition coefficient (Wildman–Crippen LogP) is 2.40. The second kappa shape index (κ2) is 8.45. The van der Waals surface area contributed by atoms with E-state index in [-0.39, 0.29) is 5.56 Å². The minimum Gasteiger partial charge on any atom is -0.350 e. The van der Waals surface area contributed by atoms with Gasteiger partial charge in [-0.1, -0.05) is 18.9 Å². The van der Waals surface area contributed by atoms with E-state index in [2.05, 4.69) is 24.3 Å². The smallest absolute Gasteiger partial charge is 0.293 e. The zero-order valence-corrected chi connectivity index (χ0v) is 15.8. The molecule has 0 atom stereocenters. The van der Waals surface area contributed by atoms with Crippen LogP contribution in [0.1, 0.15) is 31.0 Å². The third-order valence-corrected chi connectivity index (χ3v) is 5.71. The Morgan fingerprint density at radius 1 is 1.42 bits per heavy atom. The Morgan fingerprint density at radius 3 is 2.83 bits per heavy atom. The lowest BCUT2D eigenvalue weighted by Gasteiger charge is -2.27. The summed E-state index contributed by atoms with van der Waals surface area (Å²) in [4.78, 5) is 19.7. The van der Waals surface area contributed by atoms with Crippen LogP contribution in [-0.2, 0) is 6.42 Å². The Bertz CT molecular complexity index is 624. The second-order valence-corrected chi connectivity index (χ2v) is 8.19. The fourth-order valence-corrected chi connectivity index (χ4v) is 4.12. The van der Waals surface area contributed by atoms with E-state index in [0.717, 1.165) is 69.1 Å². The van der Waals surface area contributed by atoms with Crippen LogP contribution in [0.3, 0.4) is 0 Å². The predicted molar refractivity (Wildman–Crippen MR) is 105 cm³/mol. The summed E-state index contributed by atoms with van der Waals surface area (Å²) in [5.74, 6) is 2.81. The van der Waals surface area contributed by atoms with Gasteiger partial charge in [0.1, 0.15) is 0 Å². The van der Waals surface area contributed by atoms with E-state index < -0.39 is 0 Å². The zero-order valence-electron chi connectivity index (χ0n) is 14.1. The number of nitrogens with zero attached hydrogens (tertiary/aromatic N) is 4. The van der Waals surface area contributed by atoms with Crippen LogP contribution in [0.25, 0.3) is 0 Å². The number of hydrogen-bond donors (Lipinski definition) is 1. The lowest BCUT2D eigenvalue weighted by Crippen LogP contribution is -2.39. The van der Waals surface area contributed by atoms with Crippen LogP contribution in [0.4, 0.5) is 5.82 Å². The van der Waals surface area contributed by atoms with Crippen molar-refractivity contribution < 1.29 is 0 Å². The van der Waals surface area contributed by atoms with Gasteiger partial charge >= 0.3 is 0 Å². The number of thiol groups is 1. The van der Waals surface area contributed by atoms with E-state index in [1.54, 1.807) is 0 Å². The van der Waals surface area contributed by atoms with Crippen molar-refractivity contribution in [2.24, 2.45) is 0 Å². The Labute approximate surface area is 153 Å². The lowest BCUT2D eigenvalue weighted by molar-refractivity contribution is 0.505. The minimum atomic E-state index is 0.0932. The highest BCUT2D eigenvalue weighted by atomic mass is 32.2. The molecule has 0 radical (unpaired) electrons. The first-order valence-corrected chi connectivity index (χ1v) is 10.2. The Kier molecular flexibility index (Phi) is 6.30. The van der Waals surface area contributed by atoms with Gasteiger partial charge < -0.3 is 9.47 Å². The van der Waals surface area contributed by atoms with Crippen LogP contribution in [-0.4, -0.2) is 51.5 Å². The van der Waals surface area contributed by atoms with Gasteiger partial charge in [-0.3, -0.25) is 4.79 Å². The summed E-state index contributed by atoms with van der Waals surface area (Å²) in [6.07, 6.45) is 7.91. The Hall–Kier alpha value is -0.920. The molecule has 0 aromatic carbocycles. The molecule has 132 valence electrons. The first-order chi connectivity index (χ1) is 11.7. The quantitative estimate of drug-likeness (QED) is 0.565. The van der Waals surface area contributed by atoms with Gasteiger partial charge in [0.2, 0.25) is 0 Å². The molecule has 3 rings (SSSR count). The van der Waals surface area contributed by atoms with Gasteiger partial charge in [0.25, 0.3) is 5.56 Å². The summed E-state index contributed by atoms with van der Waals surface area (Å²) in [7, 11) is 0. The maximum Gasteiger partial charge on any atom is 0.293 e. The first kappa shape index (κ1) is 17.9. The molecule has 1 aromatic heterocycles. The normalized spacial score (nSPS) is 18.2. The number of hydrogen-bond acceptors (Lipinski definition) is 6. The number of thioether (sulfide) groups is 1. The van der Waals surface area contributed by atoms with Gasteiger partial charge in [-0.05, 0) is 25.7 Å². The summed E-state index contributed by atoms with van der Waals surface area (Å²) in [6.45, 7) is 7.23. The summed E-state index contributed by atoms with van der Waals surface area (Å²) >= 11 is 6.36. The molecule has 0 unspecified atom stereocenters. The average Bonchev–Trinajstić information content (AvgIpc) is 3.42. The maximum absolute atomic E-state index is 12.8. The SMILES string of the molecule is C=CCN(S)CCCc1cn(C2CC2)c(=O)c(N2CCSCC2)n1. The van der Waals surface area contributed by atoms with E-state index in [9.17, 15) is 4.79 Å². The molecule has 5 nitrogen and oxygen atoms in total. The molecule has 2 fully saturated rings. The fraction of sp³-hybridized carbons (Fsp3) is 0.647.